The molecule has 0 aliphatic heterocycles. The molecular formula is C24H22F20O3S2. The van der Waals surface area contributed by atoms with Gasteiger partial charge in [-0.1, -0.05) is 53.7 Å². The van der Waals surface area contributed by atoms with Gasteiger partial charge >= 0.3 is 68.0 Å². The smallest absolute Gasteiger partial charge is 0.281 e. The highest BCUT2D eigenvalue weighted by Gasteiger charge is 2.98. The van der Waals surface area contributed by atoms with Gasteiger partial charge in [-0.2, -0.15) is 96.2 Å². The zero-order chi connectivity index (χ0) is 40.1. The van der Waals surface area contributed by atoms with Gasteiger partial charge in [-0.3, -0.25) is 4.55 Å². The van der Waals surface area contributed by atoms with Gasteiger partial charge in [0.1, 0.15) is 0 Å². The summed E-state index contributed by atoms with van der Waals surface area (Å²) in [6, 6.07) is 2.51. The topological polar surface area (TPSA) is 54.4 Å². The van der Waals surface area contributed by atoms with E-state index in [-0.39, 0.29) is 5.56 Å². The SMILES string of the molecule is CC(C)(C)c1ccc(SC(F)(F)C(F)(F)C(F)(F)C(F)(F)C(F)(F)C(F)(F)C(F)(F)C(F)(F)C(F)(F)C(F)(F)S(=O)(=O)O)c(C(C)(C)C)c1. The van der Waals surface area contributed by atoms with Crippen LogP contribution in [-0.2, 0) is 20.9 Å². The molecule has 0 fully saturated rings. The molecule has 1 aromatic carbocycles. The summed E-state index contributed by atoms with van der Waals surface area (Å²) in [5.74, 6) is -71.5. The predicted octanol–water partition coefficient (Wildman–Crippen LogP) is 10.5. The van der Waals surface area contributed by atoms with Gasteiger partial charge in [0, 0.05) is 4.90 Å². The second-order valence-electron chi connectivity index (χ2n) is 12.4. The van der Waals surface area contributed by atoms with Gasteiger partial charge in [-0.25, -0.2) is 0 Å². The van der Waals surface area contributed by atoms with E-state index in [9.17, 15) is 96.2 Å². The third-order valence-corrected chi connectivity index (χ3v) is 8.70. The molecule has 0 bridgehead atoms. The van der Waals surface area contributed by atoms with E-state index in [2.05, 4.69) is 0 Å². The Kier molecular flexibility index (Phi) is 10.9. The third kappa shape index (κ3) is 6.42. The highest BCUT2D eigenvalue weighted by molar-refractivity contribution is 8.00. The van der Waals surface area contributed by atoms with Crippen LogP contribution >= 0.6 is 11.8 Å². The Morgan fingerprint density at radius 3 is 1.08 bits per heavy atom. The number of alkyl halides is 20. The summed E-state index contributed by atoms with van der Waals surface area (Å²) in [6.07, 6.45) is 0. The summed E-state index contributed by atoms with van der Waals surface area (Å²) in [5.41, 5.74) is -2.38. The highest BCUT2D eigenvalue weighted by Crippen LogP contribution is 2.67. The quantitative estimate of drug-likeness (QED) is 0.130. The Balaban J connectivity index is 3.91. The Morgan fingerprint density at radius 2 is 0.796 bits per heavy atom. The molecule has 0 amide bonds. The van der Waals surface area contributed by atoms with Gasteiger partial charge in [0.15, 0.2) is 0 Å². The first-order valence-electron chi connectivity index (χ1n) is 12.4. The van der Waals surface area contributed by atoms with Crippen molar-refractivity contribution in [1.29, 1.82) is 0 Å². The number of rotatable bonds is 12. The monoisotopic (exact) mass is 802 g/mol. The average molecular weight is 803 g/mol. The van der Waals surface area contributed by atoms with E-state index in [1.54, 1.807) is 0 Å². The first-order valence-corrected chi connectivity index (χ1v) is 14.7. The molecule has 288 valence electrons. The van der Waals surface area contributed by atoms with Crippen molar-refractivity contribution >= 4 is 21.9 Å². The van der Waals surface area contributed by atoms with Gasteiger partial charge in [0.05, 0.1) is 0 Å². The summed E-state index contributed by atoms with van der Waals surface area (Å²) >= 11 is -1.76. The fraction of sp³-hybridized carbons (Fsp3) is 0.750. The molecule has 1 aromatic rings. The first kappa shape index (κ1) is 45.1. The Labute approximate surface area is 267 Å². The lowest BCUT2D eigenvalue weighted by molar-refractivity contribution is -0.463. The lowest BCUT2D eigenvalue weighted by Crippen LogP contribution is -2.77. The van der Waals surface area contributed by atoms with E-state index < -0.39 is 101 Å². The Morgan fingerprint density at radius 1 is 0.490 bits per heavy atom. The van der Waals surface area contributed by atoms with Crippen LogP contribution in [0.4, 0.5) is 87.8 Å². The van der Waals surface area contributed by atoms with Gasteiger partial charge in [0.25, 0.3) is 0 Å². The van der Waals surface area contributed by atoms with Crippen molar-refractivity contribution in [2.24, 2.45) is 0 Å². The highest BCUT2D eigenvalue weighted by atomic mass is 32.2. The van der Waals surface area contributed by atoms with E-state index in [0.717, 1.165) is 12.1 Å². The average Bonchev–Trinajstić information content (AvgIpc) is 2.85. The maximum Gasteiger partial charge on any atom is 0.438 e. The molecular weight excluding hydrogens is 780 g/mol. The lowest BCUT2D eigenvalue weighted by Gasteiger charge is -2.44. The van der Waals surface area contributed by atoms with Crippen LogP contribution in [0.25, 0.3) is 0 Å². The minimum Gasteiger partial charge on any atom is -0.281 e. The molecule has 49 heavy (non-hydrogen) atoms. The van der Waals surface area contributed by atoms with Crippen LogP contribution in [0, 0.1) is 0 Å². The van der Waals surface area contributed by atoms with Crippen molar-refractivity contribution < 1.29 is 101 Å². The van der Waals surface area contributed by atoms with E-state index >= 15 is 0 Å². The largest absolute Gasteiger partial charge is 0.438 e. The molecule has 1 N–H and O–H groups in total. The maximum absolute atomic E-state index is 14.8. The molecule has 0 radical (unpaired) electrons. The van der Waals surface area contributed by atoms with Crippen LogP contribution in [0.5, 0.6) is 0 Å². The number of hydrogen-bond donors (Lipinski definition) is 1. The summed E-state index contributed by atoms with van der Waals surface area (Å²) in [6.45, 7) is 8.24. The second kappa shape index (κ2) is 11.8. The van der Waals surface area contributed by atoms with Crippen LogP contribution in [0.3, 0.4) is 0 Å². The number of benzene rings is 1. The summed E-state index contributed by atoms with van der Waals surface area (Å²) < 4.78 is 310. The van der Waals surface area contributed by atoms with Crippen molar-refractivity contribution in [2.75, 3.05) is 0 Å². The molecule has 0 saturated heterocycles. The normalized spacial score (nSPS) is 16.3. The van der Waals surface area contributed by atoms with Crippen LogP contribution in [-0.4, -0.2) is 70.9 Å². The van der Waals surface area contributed by atoms with Crippen molar-refractivity contribution in [3.05, 3.63) is 29.3 Å². The van der Waals surface area contributed by atoms with Crippen molar-refractivity contribution in [3.8, 4) is 0 Å². The van der Waals surface area contributed by atoms with Crippen molar-refractivity contribution in [2.45, 2.75) is 115 Å². The molecule has 0 aromatic heterocycles. The molecule has 0 atom stereocenters. The van der Waals surface area contributed by atoms with E-state index in [4.69, 9.17) is 4.55 Å². The Bertz CT molecular complexity index is 1510. The minimum absolute atomic E-state index is 0.258. The van der Waals surface area contributed by atoms with Crippen LogP contribution in [0.15, 0.2) is 23.1 Å². The molecule has 0 unspecified atom stereocenters. The van der Waals surface area contributed by atoms with Crippen molar-refractivity contribution in [1.82, 2.24) is 0 Å². The van der Waals surface area contributed by atoms with E-state index in [1.807, 2.05) is 0 Å². The van der Waals surface area contributed by atoms with E-state index in [1.165, 1.54) is 41.5 Å². The lowest BCUT2D eigenvalue weighted by atomic mass is 9.81. The maximum atomic E-state index is 14.8. The van der Waals surface area contributed by atoms with Gasteiger partial charge in [-0.05, 0) is 39.8 Å². The second-order valence-corrected chi connectivity index (χ2v) is 15.0. The first-order chi connectivity index (χ1) is 20.8. The fourth-order valence-corrected chi connectivity index (χ4v) is 5.18. The third-order valence-electron chi connectivity index (χ3n) is 6.71. The molecule has 0 spiro atoms. The summed E-state index contributed by atoms with van der Waals surface area (Å²) in [7, 11) is -8.10. The van der Waals surface area contributed by atoms with Crippen molar-refractivity contribution in [3.63, 3.8) is 0 Å². The molecule has 0 heterocycles. The standard InChI is InChI=1S/C24H22F20O3S2/c1-13(2,3)10-7-8-12(11(9-10)14(4,5)6)48-23(41,42)21(37,38)19(33,34)17(29,30)15(25,26)16(27,28)18(31,32)20(35,36)22(39,40)24(43,44)49(45,46)47/h7-9H,1-6H3,(H,45,46,47). The summed E-state index contributed by atoms with van der Waals surface area (Å²) in [5, 5.41) is -14.9. The zero-order valence-electron chi connectivity index (χ0n) is 24.9. The molecule has 1 rings (SSSR count). The molecule has 3 nitrogen and oxygen atoms in total. The van der Waals surface area contributed by atoms with Crippen LogP contribution in [0.2, 0.25) is 0 Å². The van der Waals surface area contributed by atoms with E-state index in [0.29, 0.717) is 6.07 Å². The zero-order valence-corrected chi connectivity index (χ0v) is 26.5. The number of halogens is 20. The van der Waals surface area contributed by atoms with Gasteiger partial charge in [0.2, 0.25) is 0 Å². The van der Waals surface area contributed by atoms with Gasteiger partial charge in [-0.15, -0.1) is 0 Å². The van der Waals surface area contributed by atoms with Crippen LogP contribution in [0.1, 0.15) is 52.7 Å². The number of thioether (sulfide) groups is 1. The molecule has 25 heteroatoms. The van der Waals surface area contributed by atoms with Gasteiger partial charge < -0.3 is 0 Å². The molecule has 0 aliphatic rings. The number of hydrogen-bond acceptors (Lipinski definition) is 3. The summed E-state index contributed by atoms with van der Waals surface area (Å²) in [4.78, 5) is -1.16. The van der Waals surface area contributed by atoms with Crippen LogP contribution < -0.4 is 0 Å². The predicted molar refractivity (Wildman–Crippen MR) is 131 cm³/mol. The molecule has 0 saturated carbocycles. The fourth-order valence-electron chi connectivity index (χ4n) is 3.58. The Hall–Kier alpha value is -1.92. The minimum atomic E-state index is -9.32. The molecule has 0 aliphatic carbocycles.